The fraction of sp³-hybridized carbons (Fsp3) is 1.00. The molecule has 1 saturated heterocycles. The molecule has 0 spiro atoms. The summed E-state index contributed by atoms with van der Waals surface area (Å²) in [5, 5.41) is 0. The minimum absolute atomic E-state index is 0.422. The molecule has 1 heterocycles. The zero-order valence-corrected chi connectivity index (χ0v) is 10.3. The molecular weight excluding hydrogens is 184 g/mol. The molecule has 2 N–H and O–H groups in total. The first kappa shape index (κ1) is 11.4. The van der Waals surface area contributed by atoms with Gasteiger partial charge in [0.05, 0.1) is 0 Å². The Kier molecular flexibility index (Phi) is 3.68. The van der Waals surface area contributed by atoms with Crippen LogP contribution in [0.25, 0.3) is 0 Å². The second-order valence-corrected chi connectivity index (χ2v) is 6.02. The molecule has 2 nitrogen and oxygen atoms in total. The van der Waals surface area contributed by atoms with Gasteiger partial charge in [0.15, 0.2) is 0 Å². The minimum Gasteiger partial charge on any atom is -0.327 e. The van der Waals surface area contributed by atoms with E-state index in [1.807, 2.05) is 0 Å². The first-order valence-corrected chi connectivity index (χ1v) is 6.63. The molecule has 15 heavy (non-hydrogen) atoms. The number of rotatable bonds is 3. The zero-order chi connectivity index (χ0) is 10.8. The highest BCUT2D eigenvalue weighted by Gasteiger charge is 2.29. The van der Waals surface area contributed by atoms with E-state index in [0.717, 1.165) is 24.3 Å². The summed E-state index contributed by atoms with van der Waals surface area (Å²) in [5.74, 6) is 2.61. The third kappa shape index (κ3) is 2.94. The van der Waals surface area contributed by atoms with E-state index in [0.29, 0.717) is 6.04 Å². The van der Waals surface area contributed by atoms with Gasteiger partial charge in [0.2, 0.25) is 0 Å². The largest absolute Gasteiger partial charge is 0.327 e. The fourth-order valence-electron chi connectivity index (χ4n) is 2.95. The number of likely N-dealkylation sites (tertiary alicyclic amines) is 1. The second kappa shape index (κ2) is 4.84. The van der Waals surface area contributed by atoms with Crippen LogP contribution in [0.1, 0.15) is 39.5 Å². The van der Waals surface area contributed by atoms with E-state index in [4.69, 9.17) is 5.73 Å². The molecule has 0 aromatic rings. The van der Waals surface area contributed by atoms with E-state index in [1.165, 1.54) is 38.8 Å². The fourth-order valence-corrected chi connectivity index (χ4v) is 2.95. The van der Waals surface area contributed by atoms with E-state index in [-0.39, 0.29) is 0 Å². The van der Waals surface area contributed by atoms with E-state index in [9.17, 15) is 0 Å². The SMILES string of the molecule is CC(C)C1CC(N)CN(CC2CCC2)C1. The Hall–Kier alpha value is -0.0800. The Balaban J connectivity index is 1.82. The van der Waals surface area contributed by atoms with E-state index in [2.05, 4.69) is 18.7 Å². The standard InChI is InChI=1S/C13H26N2/c1-10(2)12-6-13(14)9-15(8-12)7-11-4-3-5-11/h10-13H,3-9,14H2,1-2H3. The molecule has 2 fully saturated rings. The Morgan fingerprint density at radius 2 is 2.00 bits per heavy atom. The highest BCUT2D eigenvalue weighted by atomic mass is 15.2. The first-order valence-electron chi connectivity index (χ1n) is 6.63. The predicted octanol–water partition coefficient (Wildman–Crippen LogP) is 2.09. The van der Waals surface area contributed by atoms with Gasteiger partial charge in [-0.2, -0.15) is 0 Å². The maximum atomic E-state index is 6.15. The van der Waals surface area contributed by atoms with Crippen molar-refractivity contribution in [2.24, 2.45) is 23.5 Å². The third-order valence-corrected chi connectivity index (χ3v) is 4.27. The minimum atomic E-state index is 0.422. The Bertz CT molecular complexity index is 199. The predicted molar refractivity (Wildman–Crippen MR) is 64.7 cm³/mol. The molecule has 0 bridgehead atoms. The van der Waals surface area contributed by atoms with Crippen molar-refractivity contribution >= 4 is 0 Å². The average molecular weight is 210 g/mol. The molecule has 2 rings (SSSR count). The van der Waals surface area contributed by atoms with Gasteiger partial charge in [-0.25, -0.2) is 0 Å². The highest BCUT2D eigenvalue weighted by Crippen LogP contribution is 2.30. The number of hydrogen-bond acceptors (Lipinski definition) is 2. The van der Waals surface area contributed by atoms with Crippen LogP contribution >= 0.6 is 0 Å². The molecule has 2 heteroatoms. The van der Waals surface area contributed by atoms with Gasteiger partial charge in [-0.05, 0) is 37.0 Å². The van der Waals surface area contributed by atoms with Crippen LogP contribution in [0.15, 0.2) is 0 Å². The molecule has 1 saturated carbocycles. The van der Waals surface area contributed by atoms with Crippen molar-refractivity contribution in [3.05, 3.63) is 0 Å². The normalized spacial score (nSPS) is 34.4. The molecule has 0 radical (unpaired) electrons. The lowest BCUT2D eigenvalue weighted by molar-refractivity contribution is 0.0946. The summed E-state index contributed by atoms with van der Waals surface area (Å²) in [7, 11) is 0. The van der Waals surface area contributed by atoms with Crippen LogP contribution in [0.4, 0.5) is 0 Å². The smallest absolute Gasteiger partial charge is 0.0171 e. The van der Waals surface area contributed by atoms with Gasteiger partial charge in [0.1, 0.15) is 0 Å². The van der Waals surface area contributed by atoms with Crippen molar-refractivity contribution in [3.63, 3.8) is 0 Å². The van der Waals surface area contributed by atoms with Crippen LogP contribution in [-0.2, 0) is 0 Å². The van der Waals surface area contributed by atoms with Crippen LogP contribution < -0.4 is 5.73 Å². The van der Waals surface area contributed by atoms with Crippen molar-refractivity contribution in [1.82, 2.24) is 4.90 Å². The van der Waals surface area contributed by atoms with Crippen molar-refractivity contribution in [1.29, 1.82) is 0 Å². The number of nitrogens with zero attached hydrogens (tertiary/aromatic N) is 1. The average Bonchev–Trinajstić information content (AvgIpc) is 2.10. The van der Waals surface area contributed by atoms with Crippen LogP contribution in [0.2, 0.25) is 0 Å². The van der Waals surface area contributed by atoms with Crippen molar-refractivity contribution in [2.45, 2.75) is 45.6 Å². The van der Waals surface area contributed by atoms with Gasteiger partial charge in [-0.3, -0.25) is 0 Å². The lowest BCUT2D eigenvalue weighted by Crippen LogP contribution is -2.50. The second-order valence-electron chi connectivity index (χ2n) is 6.02. The Labute approximate surface area is 94.2 Å². The Morgan fingerprint density at radius 1 is 1.27 bits per heavy atom. The van der Waals surface area contributed by atoms with Crippen LogP contribution in [-0.4, -0.2) is 30.6 Å². The highest BCUT2D eigenvalue weighted by molar-refractivity contribution is 4.85. The van der Waals surface area contributed by atoms with Gasteiger partial charge in [0, 0.05) is 25.7 Å². The molecule has 2 aliphatic rings. The molecule has 1 aliphatic heterocycles. The molecule has 0 aromatic carbocycles. The van der Waals surface area contributed by atoms with Crippen molar-refractivity contribution in [3.8, 4) is 0 Å². The topological polar surface area (TPSA) is 29.3 Å². The van der Waals surface area contributed by atoms with Gasteiger partial charge in [0.25, 0.3) is 0 Å². The summed E-state index contributed by atoms with van der Waals surface area (Å²) in [6.45, 7) is 8.42. The number of hydrogen-bond donors (Lipinski definition) is 1. The van der Waals surface area contributed by atoms with E-state index in [1.54, 1.807) is 0 Å². The molecule has 1 aliphatic carbocycles. The van der Waals surface area contributed by atoms with Crippen molar-refractivity contribution < 1.29 is 0 Å². The van der Waals surface area contributed by atoms with Gasteiger partial charge in [-0.1, -0.05) is 20.3 Å². The van der Waals surface area contributed by atoms with Gasteiger partial charge in [-0.15, -0.1) is 0 Å². The quantitative estimate of drug-likeness (QED) is 0.773. The molecule has 88 valence electrons. The Morgan fingerprint density at radius 3 is 2.53 bits per heavy atom. The lowest BCUT2D eigenvalue weighted by atomic mass is 9.82. The molecule has 2 unspecified atom stereocenters. The zero-order valence-electron chi connectivity index (χ0n) is 10.3. The van der Waals surface area contributed by atoms with E-state index >= 15 is 0 Å². The lowest BCUT2D eigenvalue weighted by Gasteiger charge is -2.41. The summed E-state index contributed by atoms with van der Waals surface area (Å²) in [4.78, 5) is 2.63. The summed E-state index contributed by atoms with van der Waals surface area (Å²) in [6, 6.07) is 0.422. The number of nitrogens with two attached hydrogens (primary N) is 1. The van der Waals surface area contributed by atoms with Crippen molar-refractivity contribution in [2.75, 3.05) is 19.6 Å². The maximum absolute atomic E-state index is 6.15. The van der Waals surface area contributed by atoms with Gasteiger partial charge >= 0.3 is 0 Å². The monoisotopic (exact) mass is 210 g/mol. The van der Waals surface area contributed by atoms with Crippen LogP contribution in [0, 0.1) is 17.8 Å². The van der Waals surface area contributed by atoms with E-state index < -0.39 is 0 Å². The summed E-state index contributed by atoms with van der Waals surface area (Å²) in [6.07, 6.45) is 5.60. The maximum Gasteiger partial charge on any atom is 0.0171 e. The molecule has 0 amide bonds. The van der Waals surface area contributed by atoms with Crippen LogP contribution in [0.3, 0.4) is 0 Å². The summed E-state index contributed by atoms with van der Waals surface area (Å²) < 4.78 is 0. The van der Waals surface area contributed by atoms with Gasteiger partial charge < -0.3 is 10.6 Å². The first-order chi connectivity index (χ1) is 7.15. The molecule has 0 aromatic heterocycles. The summed E-state index contributed by atoms with van der Waals surface area (Å²) >= 11 is 0. The summed E-state index contributed by atoms with van der Waals surface area (Å²) in [5.41, 5.74) is 6.15. The van der Waals surface area contributed by atoms with Crippen LogP contribution in [0.5, 0.6) is 0 Å². The molecule has 2 atom stereocenters. The third-order valence-electron chi connectivity index (χ3n) is 4.27. The number of piperidine rings is 1. The molecular formula is C13H26N2.